The summed E-state index contributed by atoms with van der Waals surface area (Å²) in [4.78, 5) is 16.3. The molecule has 1 aliphatic rings. The molecule has 1 aromatic rings. The van der Waals surface area contributed by atoms with E-state index >= 15 is 0 Å². The van der Waals surface area contributed by atoms with Gasteiger partial charge >= 0.3 is 0 Å². The van der Waals surface area contributed by atoms with Gasteiger partial charge in [-0.15, -0.1) is 0 Å². The van der Waals surface area contributed by atoms with E-state index in [1.165, 1.54) is 5.56 Å². The minimum absolute atomic E-state index is 0.0984. The molecule has 1 aromatic heterocycles. The first-order chi connectivity index (χ1) is 9.54. The van der Waals surface area contributed by atoms with Gasteiger partial charge in [0, 0.05) is 58.1 Å². The summed E-state index contributed by atoms with van der Waals surface area (Å²) in [5.41, 5.74) is 1.17. The highest BCUT2D eigenvalue weighted by Gasteiger charge is 2.33. The smallest absolute Gasteiger partial charge is 0.240 e. The van der Waals surface area contributed by atoms with E-state index in [9.17, 15) is 4.79 Å². The summed E-state index contributed by atoms with van der Waals surface area (Å²) in [6.07, 6.45) is 3.98. The fourth-order valence-corrected chi connectivity index (χ4v) is 2.67. The number of hydrogen-bond acceptors (Lipinski definition) is 4. The summed E-state index contributed by atoms with van der Waals surface area (Å²) in [6.45, 7) is 7.60. The van der Waals surface area contributed by atoms with Crippen LogP contribution in [0, 0.1) is 0 Å². The third-order valence-corrected chi connectivity index (χ3v) is 3.97. The minimum Gasteiger partial charge on any atom is -0.347 e. The van der Waals surface area contributed by atoms with Crippen LogP contribution >= 0.6 is 0 Å². The molecule has 0 bridgehead atoms. The Morgan fingerprint density at radius 1 is 1.60 bits per heavy atom. The molecule has 2 heterocycles. The van der Waals surface area contributed by atoms with E-state index in [2.05, 4.69) is 35.4 Å². The maximum absolute atomic E-state index is 12.3. The Labute approximate surface area is 120 Å². The molecular formula is C14H25N5O. The molecule has 1 amide bonds. The predicted octanol–water partition coefficient (Wildman–Crippen LogP) is 0.326. The van der Waals surface area contributed by atoms with Crippen molar-refractivity contribution in [2.75, 3.05) is 33.7 Å². The molecule has 1 fully saturated rings. The highest BCUT2D eigenvalue weighted by molar-refractivity contribution is 5.81. The number of aromatic nitrogens is 2. The minimum atomic E-state index is -0.0984. The van der Waals surface area contributed by atoms with E-state index in [0.29, 0.717) is 6.54 Å². The standard InChI is InChI=1S/C14H25N5O/c1-5-18-10-12(8-16-18)11(2)19-7-6-15-9-13(19)14(20)17(3)4/h8,10-11,13,15H,5-7,9H2,1-4H3. The topological polar surface area (TPSA) is 53.4 Å². The molecule has 112 valence electrons. The largest absolute Gasteiger partial charge is 0.347 e. The Morgan fingerprint density at radius 2 is 2.35 bits per heavy atom. The molecule has 20 heavy (non-hydrogen) atoms. The maximum atomic E-state index is 12.3. The second-order valence-electron chi connectivity index (χ2n) is 5.50. The van der Waals surface area contributed by atoms with Crippen LogP contribution in [0.2, 0.25) is 0 Å². The maximum Gasteiger partial charge on any atom is 0.240 e. The Hall–Kier alpha value is -1.40. The summed E-state index contributed by atoms with van der Waals surface area (Å²) >= 11 is 0. The molecule has 0 spiro atoms. The molecule has 0 radical (unpaired) electrons. The number of likely N-dealkylation sites (N-methyl/N-ethyl adjacent to an activating group) is 1. The van der Waals surface area contributed by atoms with Crippen molar-refractivity contribution in [3.63, 3.8) is 0 Å². The normalized spacial score (nSPS) is 21.7. The summed E-state index contributed by atoms with van der Waals surface area (Å²) < 4.78 is 1.93. The Bertz CT molecular complexity index is 456. The van der Waals surface area contributed by atoms with Crippen LogP contribution in [0.5, 0.6) is 0 Å². The zero-order chi connectivity index (χ0) is 14.7. The van der Waals surface area contributed by atoms with Gasteiger partial charge in [0.25, 0.3) is 0 Å². The molecule has 0 aliphatic carbocycles. The summed E-state index contributed by atoms with van der Waals surface area (Å²) in [7, 11) is 3.63. The van der Waals surface area contributed by atoms with Gasteiger partial charge in [0.1, 0.15) is 6.04 Å². The van der Waals surface area contributed by atoms with E-state index in [1.54, 1.807) is 4.90 Å². The van der Waals surface area contributed by atoms with Crippen molar-refractivity contribution in [1.29, 1.82) is 0 Å². The van der Waals surface area contributed by atoms with Crippen LogP contribution in [0.1, 0.15) is 25.5 Å². The number of piperazine rings is 1. The third kappa shape index (κ3) is 3.02. The lowest BCUT2D eigenvalue weighted by Gasteiger charge is -2.39. The summed E-state index contributed by atoms with van der Waals surface area (Å²) in [5.74, 6) is 0.159. The molecule has 6 nitrogen and oxygen atoms in total. The summed E-state index contributed by atoms with van der Waals surface area (Å²) in [5, 5.41) is 7.65. The third-order valence-electron chi connectivity index (χ3n) is 3.97. The number of rotatable bonds is 4. The average molecular weight is 279 g/mol. The fourth-order valence-electron chi connectivity index (χ4n) is 2.67. The van der Waals surface area contributed by atoms with Gasteiger partial charge in [0.05, 0.1) is 6.20 Å². The zero-order valence-corrected chi connectivity index (χ0v) is 12.8. The van der Waals surface area contributed by atoms with Crippen LogP contribution < -0.4 is 5.32 Å². The number of nitrogens with zero attached hydrogens (tertiary/aromatic N) is 4. The Morgan fingerprint density at radius 3 is 2.95 bits per heavy atom. The van der Waals surface area contributed by atoms with Gasteiger partial charge in [-0.25, -0.2) is 0 Å². The molecule has 1 aliphatic heterocycles. The molecule has 2 atom stereocenters. The zero-order valence-electron chi connectivity index (χ0n) is 12.8. The molecule has 0 saturated carbocycles. The molecule has 2 unspecified atom stereocenters. The van der Waals surface area contributed by atoms with E-state index in [1.807, 2.05) is 25.0 Å². The van der Waals surface area contributed by atoms with Crippen LogP contribution in [0.15, 0.2) is 12.4 Å². The van der Waals surface area contributed by atoms with Gasteiger partial charge in [-0.3, -0.25) is 14.4 Å². The number of nitrogens with one attached hydrogen (secondary N) is 1. The number of hydrogen-bond donors (Lipinski definition) is 1. The van der Waals surface area contributed by atoms with Gasteiger partial charge in [-0.05, 0) is 13.8 Å². The molecule has 6 heteroatoms. The molecule has 0 aromatic carbocycles. The van der Waals surface area contributed by atoms with E-state index in [0.717, 1.165) is 19.6 Å². The van der Waals surface area contributed by atoms with Gasteiger partial charge in [0.15, 0.2) is 0 Å². The van der Waals surface area contributed by atoms with E-state index < -0.39 is 0 Å². The fraction of sp³-hybridized carbons (Fsp3) is 0.714. The average Bonchev–Trinajstić information content (AvgIpc) is 2.94. The van der Waals surface area contributed by atoms with Gasteiger partial charge in [-0.1, -0.05) is 0 Å². The quantitative estimate of drug-likeness (QED) is 0.863. The lowest BCUT2D eigenvalue weighted by atomic mass is 10.1. The first-order valence-electron chi connectivity index (χ1n) is 7.24. The van der Waals surface area contributed by atoms with Crippen molar-refractivity contribution in [3.05, 3.63) is 18.0 Å². The van der Waals surface area contributed by atoms with Crippen molar-refractivity contribution in [1.82, 2.24) is 24.9 Å². The SMILES string of the molecule is CCn1cc(C(C)N2CCNCC2C(=O)N(C)C)cn1. The van der Waals surface area contributed by atoms with Gasteiger partial charge < -0.3 is 10.2 Å². The number of carbonyl (C=O) groups excluding carboxylic acids is 1. The van der Waals surface area contributed by atoms with Crippen LogP contribution in [0.25, 0.3) is 0 Å². The lowest BCUT2D eigenvalue weighted by Crippen LogP contribution is -2.58. The highest BCUT2D eigenvalue weighted by Crippen LogP contribution is 2.23. The summed E-state index contributed by atoms with van der Waals surface area (Å²) in [6, 6.07) is 0.102. The molecular weight excluding hydrogens is 254 g/mol. The van der Waals surface area contributed by atoms with Crippen LogP contribution in [-0.4, -0.2) is 65.3 Å². The van der Waals surface area contributed by atoms with Crippen LogP contribution in [0.4, 0.5) is 0 Å². The van der Waals surface area contributed by atoms with Crippen LogP contribution in [-0.2, 0) is 11.3 Å². The molecule has 1 saturated heterocycles. The second-order valence-corrected chi connectivity index (χ2v) is 5.50. The number of amides is 1. The number of aryl methyl sites for hydroxylation is 1. The first-order valence-corrected chi connectivity index (χ1v) is 7.24. The number of carbonyl (C=O) groups is 1. The molecule has 2 rings (SSSR count). The van der Waals surface area contributed by atoms with Crippen molar-refractivity contribution in [2.45, 2.75) is 32.5 Å². The Balaban J connectivity index is 2.16. The van der Waals surface area contributed by atoms with Crippen molar-refractivity contribution >= 4 is 5.91 Å². The predicted molar refractivity (Wildman–Crippen MR) is 78.4 cm³/mol. The lowest BCUT2D eigenvalue weighted by molar-refractivity contribution is -0.136. The van der Waals surface area contributed by atoms with Gasteiger partial charge in [-0.2, -0.15) is 5.10 Å². The second kappa shape index (κ2) is 6.37. The Kier molecular flexibility index (Phi) is 4.77. The first kappa shape index (κ1) is 15.0. The molecule has 1 N–H and O–H groups in total. The monoisotopic (exact) mass is 279 g/mol. The van der Waals surface area contributed by atoms with Crippen molar-refractivity contribution in [2.24, 2.45) is 0 Å². The van der Waals surface area contributed by atoms with Gasteiger partial charge in [0.2, 0.25) is 5.91 Å². The van der Waals surface area contributed by atoms with E-state index in [4.69, 9.17) is 0 Å². The van der Waals surface area contributed by atoms with Crippen molar-refractivity contribution in [3.8, 4) is 0 Å². The van der Waals surface area contributed by atoms with E-state index in [-0.39, 0.29) is 18.0 Å². The highest BCUT2D eigenvalue weighted by atomic mass is 16.2. The van der Waals surface area contributed by atoms with Crippen LogP contribution in [0.3, 0.4) is 0 Å². The van der Waals surface area contributed by atoms with Crippen molar-refractivity contribution < 1.29 is 4.79 Å².